The maximum atomic E-state index is 12.2. The topological polar surface area (TPSA) is 104 Å². The van der Waals surface area contributed by atoms with Gasteiger partial charge in [0, 0.05) is 14.2 Å². The molecule has 0 aromatic heterocycles. The molecule has 0 saturated carbocycles. The number of ether oxygens (including phenoxy) is 3. The molecule has 8 nitrogen and oxygen atoms in total. The normalized spacial score (nSPS) is 40.0. The lowest BCUT2D eigenvalue weighted by atomic mass is 10.1. The first-order valence-electron chi connectivity index (χ1n) is 6.26. The Labute approximate surface area is 117 Å². The smallest absolute Gasteiger partial charge is 0.335 e. The minimum atomic E-state index is -3.52. The molecule has 2 fully saturated rings. The Morgan fingerprint density at radius 1 is 1.20 bits per heavy atom. The molecule has 0 amide bonds. The molecule has 0 unspecified atom stereocenters. The zero-order chi connectivity index (χ0) is 15.2. The second-order valence-electron chi connectivity index (χ2n) is 5.34. The Kier molecular flexibility index (Phi) is 4.32. The average Bonchev–Trinajstić information content (AvgIpc) is 2.83. The van der Waals surface area contributed by atoms with E-state index in [1.54, 1.807) is 13.8 Å². The molecule has 2 rings (SSSR count). The van der Waals surface area contributed by atoms with Gasteiger partial charge in [0.1, 0.15) is 24.5 Å². The molecule has 0 radical (unpaired) electrons. The standard InChI is InChI=1S/C11H21O8P/c1-10(2)18-8-7(5-12)17-11(13,9(8)19-10)6-20(14,15-3)16-4/h7-9,12-13H,5-6H2,1-4H3/t7-,8-,9-,11+/m1/s1. The number of aliphatic hydroxyl groups is 2. The van der Waals surface area contributed by atoms with Gasteiger partial charge in [0.15, 0.2) is 5.79 Å². The minimum absolute atomic E-state index is 0.354. The number of fused-ring (bicyclic) bond motifs is 1. The summed E-state index contributed by atoms with van der Waals surface area (Å²) in [6.07, 6.45) is -2.71. The van der Waals surface area contributed by atoms with E-state index in [0.29, 0.717) is 0 Å². The molecule has 2 N–H and O–H groups in total. The molecular formula is C11H21O8P. The van der Waals surface area contributed by atoms with Crippen molar-refractivity contribution in [3.8, 4) is 0 Å². The average molecular weight is 312 g/mol. The van der Waals surface area contributed by atoms with Gasteiger partial charge in [0.25, 0.3) is 0 Å². The summed E-state index contributed by atoms with van der Waals surface area (Å²) >= 11 is 0. The lowest BCUT2D eigenvalue weighted by Crippen LogP contribution is -2.46. The predicted molar refractivity (Wildman–Crippen MR) is 67.2 cm³/mol. The van der Waals surface area contributed by atoms with Crippen LogP contribution in [0.5, 0.6) is 0 Å². The van der Waals surface area contributed by atoms with Crippen LogP contribution in [0.4, 0.5) is 0 Å². The van der Waals surface area contributed by atoms with E-state index in [2.05, 4.69) is 0 Å². The SMILES string of the molecule is COP(=O)(C[C@]1(O)O[C@H](CO)[C@H]2OC(C)(C)O[C@H]21)OC. The lowest BCUT2D eigenvalue weighted by molar-refractivity contribution is -0.267. The Morgan fingerprint density at radius 3 is 2.30 bits per heavy atom. The third-order valence-corrected chi connectivity index (χ3v) is 5.41. The van der Waals surface area contributed by atoms with E-state index in [0.717, 1.165) is 0 Å². The second kappa shape index (κ2) is 5.30. The summed E-state index contributed by atoms with van der Waals surface area (Å²) in [4.78, 5) is 0. The molecule has 20 heavy (non-hydrogen) atoms. The third kappa shape index (κ3) is 2.80. The van der Waals surface area contributed by atoms with Gasteiger partial charge in [-0.2, -0.15) is 0 Å². The van der Waals surface area contributed by atoms with Gasteiger partial charge >= 0.3 is 7.60 Å². The van der Waals surface area contributed by atoms with Gasteiger partial charge in [-0.05, 0) is 13.8 Å². The van der Waals surface area contributed by atoms with Crippen LogP contribution in [0.2, 0.25) is 0 Å². The van der Waals surface area contributed by atoms with Gasteiger partial charge in [-0.1, -0.05) is 0 Å². The summed E-state index contributed by atoms with van der Waals surface area (Å²) in [6.45, 7) is 3.02. The van der Waals surface area contributed by atoms with Crippen molar-refractivity contribution in [3.05, 3.63) is 0 Å². The Balaban J connectivity index is 2.25. The van der Waals surface area contributed by atoms with Crippen LogP contribution in [0.1, 0.15) is 13.8 Å². The summed E-state index contributed by atoms with van der Waals surface area (Å²) < 4.78 is 38.5. The molecule has 0 spiro atoms. The number of rotatable bonds is 5. The molecule has 2 aliphatic rings. The molecule has 4 atom stereocenters. The molecule has 0 aromatic carbocycles. The summed E-state index contributed by atoms with van der Waals surface area (Å²) in [5.41, 5.74) is 0. The highest BCUT2D eigenvalue weighted by molar-refractivity contribution is 7.53. The van der Waals surface area contributed by atoms with Crippen molar-refractivity contribution < 1.29 is 38.0 Å². The van der Waals surface area contributed by atoms with Crippen molar-refractivity contribution >= 4 is 7.60 Å². The van der Waals surface area contributed by atoms with Gasteiger partial charge in [0.2, 0.25) is 5.79 Å². The second-order valence-corrected chi connectivity index (χ2v) is 7.61. The van der Waals surface area contributed by atoms with Crippen LogP contribution in [0.3, 0.4) is 0 Å². The molecule has 2 heterocycles. The zero-order valence-corrected chi connectivity index (χ0v) is 12.8. The van der Waals surface area contributed by atoms with E-state index < -0.39 is 43.6 Å². The zero-order valence-electron chi connectivity index (χ0n) is 11.9. The van der Waals surface area contributed by atoms with E-state index in [9.17, 15) is 14.8 Å². The summed E-state index contributed by atoms with van der Waals surface area (Å²) in [5, 5.41) is 19.9. The van der Waals surface area contributed by atoms with Crippen molar-refractivity contribution in [2.24, 2.45) is 0 Å². The van der Waals surface area contributed by atoms with Crippen LogP contribution < -0.4 is 0 Å². The van der Waals surface area contributed by atoms with Crippen molar-refractivity contribution in [1.29, 1.82) is 0 Å². The molecule has 118 valence electrons. The highest BCUT2D eigenvalue weighted by atomic mass is 31.2. The van der Waals surface area contributed by atoms with Gasteiger partial charge in [0.05, 0.1) is 6.61 Å². The van der Waals surface area contributed by atoms with Crippen LogP contribution >= 0.6 is 7.60 Å². The molecule has 2 saturated heterocycles. The van der Waals surface area contributed by atoms with E-state index in [-0.39, 0.29) is 6.61 Å². The Morgan fingerprint density at radius 2 is 1.80 bits per heavy atom. The fraction of sp³-hybridized carbons (Fsp3) is 1.00. The van der Waals surface area contributed by atoms with Crippen molar-refractivity contribution in [1.82, 2.24) is 0 Å². The van der Waals surface area contributed by atoms with Crippen molar-refractivity contribution in [2.75, 3.05) is 27.0 Å². The van der Waals surface area contributed by atoms with E-state index in [1.165, 1.54) is 14.2 Å². The first-order valence-corrected chi connectivity index (χ1v) is 7.98. The van der Waals surface area contributed by atoms with Crippen LogP contribution in [0.15, 0.2) is 0 Å². The number of hydrogen-bond donors (Lipinski definition) is 2. The van der Waals surface area contributed by atoms with Crippen molar-refractivity contribution in [2.45, 2.75) is 43.7 Å². The van der Waals surface area contributed by atoms with Crippen LogP contribution in [-0.2, 0) is 27.8 Å². The fourth-order valence-electron chi connectivity index (χ4n) is 2.56. The highest BCUT2D eigenvalue weighted by Crippen LogP contribution is 2.54. The van der Waals surface area contributed by atoms with E-state index in [1.807, 2.05) is 0 Å². The van der Waals surface area contributed by atoms with Gasteiger partial charge in [-0.15, -0.1) is 0 Å². The molecule has 0 aromatic rings. The Bertz CT molecular complexity index is 405. The van der Waals surface area contributed by atoms with Gasteiger partial charge in [-0.3, -0.25) is 4.57 Å². The fourth-order valence-corrected chi connectivity index (χ4v) is 3.77. The third-order valence-electron chi connectivity index (χ3n) is 3.45. The summed E-state index contributed by atoms with van der Waals surface area (Å²) in [5.74, 6) is -2.84. The van der Waals surface area contributed by atoms with Crippen LogP contribution in [0.25, 0.3) is 0 Å². The van der Waals surface area contributed by atoms with Crippen LogP contribution in [0, 0.1) is 0 Å². The quantitative estimate of drug-likeness (QED) is 0.688. The van der Waals surface area contributed by atoms with Crippen LogP contribution in [-0.4, -0.2) is 67.1 Å². The van der Waals surface area contributed by atoms with Crippen molar-refractivity contribution in [3.63, 3.8) is 0 Å². The first-order chi connectivity index (χ1) is 9.18. The largest absolute Gasteiger partial charge is 0.394 e. The number of aliphatic hydroxyl groups excluding tert-OH is 1. The maximum Gasteiger partial charge on any atom is 0.335 e. The molecular weight excluding hydrogens is 291 g/mol. The highest BCUT2D eigenvalue weighted by Gasteiger charge is 2.64. The summed E-state index contributed by atoms with van der Waals surface area (Å²) in [6, 6.07) is 0. The molecule has 2 aliphatic heterocycles. The van der Waals surface area contributed by atoms with E-state index >= 15 is 0 Å². The minimum Gasteiger partial charge on any atom is -0.394 e. The molecule has 0 aliphatic carbocycles. The maximum absolute atomic E-state index is 12.2. The Hall–Kier alpha value is -0.0500. The predicted octanol–water partition coefficient (Wildman–Crippen LogP) is 0.0721. The van der Waals surface area contributed by atoms with Gasteiger partial charge in [-0.25, -0.2) is 0 Å². The lowest BCUT2D eigenvalue weighted by Gasteiger charge is -2.31. The number of hydrogen-bond acceptors (Lipinski definition) is 8. The van der Waals surface area contributed by atoms with Gasteiger partial charge < -0.3 is 33.5 Å². The molecule has 0 bridgehead atoms. The monoisotopic (exact) mass is 312 g/mol. The molecule has 9 heteroatoms. The first kappa shape index (κ1) is 16.3. The summed E-state index contributed by atoms with van der Waals surface area (Å²) in [7, 11) is -1.07. The van der Waals surface area contributed by atoms with E-state index in [4.69, 9.17) is 23.3 Å².